The second kappa shape index (κ2) is 6.10. The molecule has 118 valence electrons. The summed E-state index contributed by atoms with van der Waals surface area (Å²) in [5, 5.41) is -0.550. The molecule has 1 aromatic rings. The van der Waals surface area contributed by atoms with Gasteiger partial charge in [-0.1, -0.05) is 23.2 Å². The quantitative estimate of drug-likeness (QED) is 0.609. The van der Waals surface area contributed by atoms with Crippen LogP contribution in [0.3, 0.4) is 0 Å². The van der Waals surface area contributed by atoms with Crippen molar-refractivity contribution in [2.45, 2.75) is 24.2 Å². The normalized spacial score (nSPS) is 16.9. The molecule has 22 heavy (non-hydrogen) atoms. The Morgan fingerprint density at radius 2 is 1.64 bits per heavy atom. The number of hydrogen-bond donors (Lipinski definition) is 0. The molecule has 0 spiro atoms. The van der Waals surface area contributed by atoms with Gasteiger partial charge in [0.2, 0.25) is 0 Å². The van der Waals surface area contributed by atoms with Crippen molar-refractivity contribution in [2.24, 2.45) is 5.92 Å². The average molecular weight is 363 g/mol. The van der Waals surface area contributed by atoms with Crippen LogP contribution in [0.1, 0.15) is 29.6 Å². The first kappa shape index (κ1) is 17.1. The monoisotopic (exact) mass is 362 g/mol. The number of carbonyl (C=O) groups is 3. The maximum absolute atomic E-state index is 12.4. The van der Waals surface area contributed by atoms with E-state index in [0.717, 1.165) is 12.3 Å². The third kappa shape index (κ3) is 3.09. The summed E-state index contributed by atoms with van der Waals surface area (Å²) in [5.74, 6) is -2.99. The standard InChI is InChI=1S/C14H12Cl2O5S/c1-22(20,21)10-6-5-7(12(15)13(10)16)14(19)11-8(17)3-2-4-9(11)18/h5-6,11H,2-4H2,1H3. The SMILES string of the molecule is CS(=O)(=O)c1ccc(C(=O)C2C(=O)CCCC2=O)c(Cl)c1Cl. The molecule has 8 heteroatoms. The zero-order valence-corrected chi connectivity index (χ0v) is 13.9. The molecule has 1 aromatic carbocycles. The Kier molecular flexibility index (Phi) is 4.75. The summed E-state index contributed by atoms with van der Waals surface area (Å²) in [6.45, 7) is 0. The lowest BCUT2D eigenvalue weighted by Crippen LogP contribution is -2.35. The van der Waals surface area contributed by atoms with Crippen molar-refractivity contribution in [1.82, 2.24) is 0 Å². The van der Waals surface area contributed by atoms with Crippen LogP contribution >= 0.6 is 23.2 Å². The predicted octanol–water partition coefficient (Wildman–Crippen LogP) is 2.52. The van der Waals surface area contributed by atoms with Gasteiger partial charge in [-0.15, -0.1) is 0 Å². The first-order chi connectivity index (χ1) is 10.1. The fourth-order valence-electron chi connectivity index (χ4n) is 2.36. The minimum atomic E-state index is -3.61. The lowest BCUT2D eigenvalue weighted by atomic mass is 9.81. The molecule has 0 N–H and O–H groups in total. The molecule has 0 heterocycles. The highest BCUT2D eigenvalue weighted by molar-refractivity contribution is 7.90. The van der Waals surface area contributed by atoms with Gasteiger partial charge < -0.3 is 0 Å². The number of halogens is 2. The summed E-state index contributed by atoms with van der Waals surface area (Å²) in [4.78, 5) is 35.9. The Morgan fingerprint density at radius 3 is 2.14 bits per heavy atom. The van der Waals surface area contributed by atoms with Crippen molar-refractivity contribution < 1.29 is 22.8 Å². The third-order valence-corrected chi connectivity index (χ3v) is 5.60. The summed E-state index contributed by atoms with van der Waals surface area (Å²) in [6, 6.07) is 2.33. The van der Waals surface area contributed by atoms with E-state index in [1.165, 1.54) is 6.07 Å². The van der Waals surface area contributed by atoms with Crippen molar-refractivity contribution in [3.8, 4) is 0 Å². The number of rotatable bonds is 3. The minimum Gasteiger partial charge on any atom is -0.298 e. The van der Waals surface area contributed by atoms with Gasteiger partial charge >= 0.3 is 0 Å². The van der Waals surface area contributed by atoms with E-state index in [0.29, 0.717) is 6.42 Å². The van der Waals surface area contributed by atoms with E-state index in [1.54, 1.807) is 0 Å². The minimum absolute atomic E-state index is 0.118. The molecule has 5 nitrogen and oxygen atoms in total. The van der Waals surface area contributed by atoms with E-state index in [1.807, 2.05) is 0 Å². The van der Waals surface area contributed by atoms with Gasteiger partial charge in [0.25, 0.3) is 0 Å². The van der Waals surface area contributed by atoms with Crippen LogP contribution in [0.2, 0.25) is 10.0 Å². The summed E-state index contributed by atoms with van der Waals surface area (Å²) in [7, 11) is -3.61. The number of Topliss-reactive ketones (excluding diaryl/α,β-unsaturated/α-hetero) is 3. The Bertz CT molecular complexity index is 767. The van der Waals surface area contributed by atoms with E-state index >= 15 is 0 Å². The molecule has 1 saturated carbocycles. The molecule has 0 bridgehead atoms. The van der Waals surface area contributed by atoms with Gasteiger partial charge in [-0.05, 0) is 18.6 Å². The van der Waals surface area contributed by atoms with Gasteiger partial charge in [-0.25, -0.2) is 8.42 Å². The topological polar surface area (TPSA) is 85.3 Å². The second-order valence-electron chi connectivity index (χ2n) is 5.09. The highest BCUT2D eigenvalue weighted by Crippen LogP contribution is 2.34. The molecule has 1 aliphatic rings. The van der Waals surface area contributed by atoms with Gasteiger partial charge in [-0.2, -0.15) is 0 Å². The Morgan fingerprint density at radius 1 is 1.09 bits per heavy atom. The van der Waals surface area contributed by atoms with Gasteiger partial charge in [0.1, 0.15) is 5.92 Å². The van der Waals surface area contributed by atoms with Crippen LogP contribution in [0.4, 0.5) is 0 Å². The summed E-state index contributed by atoms with van der Waals surface area (Å²) < 4.78 is 23.1. The van der Waals surface area contributed by atoms with Crippen LogP contribution in [0.25, 0.3) is 0 Å². The maximum atomic E-state index is 12.4. The van der Waals surface area contributed by atoms with Gasteiger partial charge in [-0.3, -0.25) is 14.4 Å². The first-order valence-electron chi connectivity index (χ1n) is 6.42. The predicted molar refractivity (Wildman–Crippen MR) is 81.3 cm³/mol. The van der Waals surface area contributed by atoms with Crippen LogP contribution in [0.15, 0.2) is 17.0 Å². The smallest absolute Gasteiger partial charge is 0.182 e. The van der Waals surface area contributed by atoms with Crippen molar-refractivity contribution in [3.63, 3.8) is 0 Å². The fourth-order valence-corrected chi connectivity index (χ4v) is 4.00. The molecule has 0 saturated heterocycles. The van der Waals surface area contributed by atoms with E-state index in [2.05, 4.69) is 0 Å². The van der Waals surface area contributed by atoms with Crippen LogP contribution in [0.5, 0.6) is 0 Å². The van der Waals surface area contributed by atoms with Crippen LogP contribution in [-0.4, -0.2) is 32.0 Å². The Balaban J connectivity index is 2.50. The fraction of sp³-hybridized carbons (Fsp3) is 0.357. The molecule has 0 atom stereocenters. The van der Waals surface area contributed by atoms with Crippen molar-refractivity contribution in [1.29, 1.82) is 0 Å². The van der Waals surface area contributed by atoms with Crippen LogP contribution < -0.4 is 0 Å². The molecule has 2 rings (SSSR count). The lowest BCUT2D eigenvalue weighted by Gasteiger charge is -2.19. The molecular weight excluding hydrogens is 351 g/mol. The Hall–Kier alpha value is -1.24. The van der Waals surface area contributed by atoms with Gasteiger partial charge in [0, 0.05) is 24.7 Å². The number of benzene rings is 1. The van der Waals surface area contributed by atoms with E-state index < -0.39 is 33.1 Å². The van der Waals surface area contributed by atoms with Crippen molar-refractivity contribution in [2.75, 3.05) is 6.26 Å². The molecule has 0 radical (unpaired) electrons. The van der Waals surface area contributed by atoms with Crippen LogP contribution in [-0.2, 0) is 19.4 Å². The molecule has 0 aliphatic heterocycles. The summed E-state index contributed by atoms with van der Waals surface area (Å²) >= 11 is 11.9. The lowest BCUT2D eigenvalue weighted by molar-refractivity contribution is -0.133. The molecular formula is C14H12Cl2O5S. The first-order valence-corrected chi connectivity index (χ1v) is 9.07. The highest BCUT2D eigenvalue weighted by Gasteiger charge is 2.37. The van der Waals surface area contributed by atoms with Crippen LogP contribution in [0, 0.1) is 5.92 Å². The molecule has 1 aliphatic carbocycles. The maximum Gasteiger partial charge on any atom is 0.182 e. The van der Waals surface area contributed by atoms with E-state index in [-0.39, 0.29) is 33.3 Å². The molecule has 0 aromatic heterocycles. The van der Waals surface area contributed by atoms with Gasteiger partial charge in [0.15, 0.2) is 27.2 Å². The molecule has 0 unspecified atom stereocenters. The average Bonchev–Trinajstić information content (AvgIpc) is 2.40. The molecule has 0 amide bonds. The highest BCUT2D eigenvalue weighted by atomic mass is 35.5. The zero-order valence-electron chi connectivity index (χ0n) is 11.6. The zero-order chi connectivity index (χ0) is 16.7. The number of carbonyl (C=O) groups excluding carboxylic acids is 3. The van der Waals surface area contributed by atoms with Gasteiger partial charge in [0.05, 0.1) is 14.9 Å². The van der Waals surface area contributed by atoms with E-state index in [9.17, 15) is 22.8 Å². The van der Waals surface area contributed by atoms with Crippen molar-refractivity contribution >= 4 is 50.4 Å². The third-order valence-electron chi connectivity index (χ3n) is 3.46. The number of hydrogen-bond acceptors (Lipinski definition) is 5. The molecule has 1 fully saturated rings. The Labute approximate surface area is 137 Å². The number of sulfone groups is 1. The largest absolute Gasteiger partial charge is 0.298 e. The summed E-state index contributed by atoms with van der Waals surface area (Å²) in [6.07, 6.45) is 1.72. The summed E-state index contributed by atoms with van der Waals surface area (Å²) in [5.41, 5.74) is -0.118. The van der Waals surface area contributed by atoms with E-state index in [4.69, 9.17) is 23.2 Å². The van der Waals surface area contributed by atoms with Crippen molar-refractivity contribution in [3.05, 3.63) is 27.7 Å². The second-order valence-corrected chi connectivity index (χ2v) is 7.83. The number of ketones is 3.